The van der Waals surface area contributed by atoms with E-state index in [1.54, 1.807) is 12.2 Å². The molecule has 0 N–H and O–H groups in total. The molecule has 0 aromatic heterocycles. The van der Waals surface area contributed by atoms with Gasteiger partial charge < -0.3 is 4.74 Å². The number of carbonyl (C=O) groups is 1. The Morgan fingerprint density at radius 2 is 1.94 bits per heavy atom. The van der Waals surface area contributed by atoms with E-state index in [2.05, 4.69) is 4.74 Å². The molecule has 2 aliphatic rings. The third-order valence-electron chi connectivity index (χ3n) is 2.94. The molecule has 2 rings (SSSR count). The summed E-state index contributed by atoms with van der Waals surface area (Å²) in [6, 6.07) is 0. The Balaban J connectivity index is 1.92. The van der Waals surface area contributed by atoms with Gasteiger partial charge in [0.05, 0.1) is 0 Å². The first-order valence-electron chi connectivity index (χ1n) is 5.22. The summed E-state index contributed by atoms with van der Waals surface area (Å²) in [5.74, 6) is -6.28. The van der Waals surface area contributed by atoms with Gasteiger partial charge in [0.2, 0.25) is 0 Å². The van der Waals surface area contributed by atoms with E-state index in [4.69, 9.17) is 0 Å². The highest BCUT2D eigenvalue weighted by molar-refractivity contribution is 5.90. The average molecular weight is 268 g/mol. The van der Waals surface area contributed by atoms with Crippen LogP contribution in [0.25, 0.3) is 0 Å². The van der Waals surface area contributed by atoms with Gasteiger partial charge >= 0.3 is 18.1 Å². The summed E-state index contributed by atoms with van der Waals surface area (Å²) in [4.78, 5) is 11.4. The Morgan fingerprint density at radius 1 is 1.28 bits per heavy atom. The summed E-state index contributed by atoms with van der Waals surface area (Å²) >= 11 is 0. The van der Waals surface area contributed by atoms with E-state index in [1.807, 2.05) is 6.08 Å². The van der Waals surface area contributed by atoms with Crippen LogP contribution in [0.2, 0.25) is 0 Å². The summed E-state index contributed by atoms with van der Waals surface area (Å²) in [6.07, 6.45) is 0.0595. The number of halogens is 5. The molecule has 0 aromatic carbocycles. The smallest absolute Gasteiger partial charge is 0.456 e. The fourth-order valence-corrected chi connectivity index (χ4v) is 1.98. The van der Waals surface area contributed by atoms with E-state index in [9.17, 15) is 26.7 Å². The third kappa shape index (κ3) is 2.26. The van der Waals surface area contributed by atoms with Crippen LogP contribution in [0, 0.1) is 11.8 Å². The van der Waals surface area contributed by atoms with Crippen LogP contribution in [0.15, 0.2) is 23.8 Å². The first-order valence-corrected chi connectivity index (χ1v) is 5.22. The van der Waals surface area contributed by atoms with E-state index in [1.165, 1.54) is 0 Å². The molecule has 0 saturated carbocycles. The van der Waals surface area contributed by atoms with Crippen molar-refractivity contribution >= 4 is 5.97 Å². The topological polar surface area (TPSA) is 26.3 Å². The van der Waals surface area contributed by atoms with Crippen LogP contribution in [-0.4, -0.2) is 24.7 Å². The number of fused-ring (bicyclic) bond motifs is 2. The molecule has 0 amide bonds. The lowest BCUT2D eigenvalue weighted by Gasteiger charge is -2.19. The van der Waals surface area contributed by atoms with Crippen LogP contribution in [0.1, 0.15) is 6.42 Å². The van der Waals surface area contributed by atoms with Crippen molar-refractivity contribution in [2.45, 2.75) is 18.5 Å². The number of hydrogen-bond acceptors (Lipinski definition) is 2. The minimum Gasteiger partial charge on any atom is -0.456 e. The Hall–Kier alpha value is -1.40. The Labute approximate surface area is 99.1 Å². The van der Waals surface area contributed by atoms with Crippen molar-refractivity contribution in [2.75, 3.05) is 6.61 Å². The molecular formula is C11H9F5O2. The number of hydrogen-bond donors (Lipinski definition) is 0. The monoisotopic (exact) mass is 268 g/mol. The molecular weight excluding hydrogens is 259 g/mol. The maximum atomic E-state index is 12.5. The standard InChI is InChI=1S/C11H9F5O2/c12-10(13,11(14,15)16)5-18-9(17)8-4-6-1-2-7(8)3-6/h1-2,4,6-7H,3,5H2. The van der Waals surface area contributed by atoms with Gasteiger partial charge in [-0.25, -0.2) is 4.79 Å². The normalized spacial score (nSPS) is 26.4. The first-order chi connectivity index (χ1) is 8.21. The summed E-state index contributed by atoms with van der Waals surface area (Å²) < 4.78 is 64.7. The molecule has 0 radical (unpaired) electrons. The molecule has 0 aromatic rings. The van der Waals surface area contributed by atoms with Crippen molar-refractivity contribution in [3.8, 4) is 0 Å². The van der Waals surface area contributed by atoms with Crippen LogP contribution in [0.3, 0.4) is 0 Å². The van der Waals surface area contributed by atoms with Crippen LogP contribution < -0.4 is 0 Å². The fourth-order valence-electron chi connectivity index (χ4n) is 1.98. The zero-order valence-electron chi connectivity index (χ0n) is 9.01. The fraction of sp³-hybridized carbons (Fsp3) is 0.545. The molecule has 2 atom stereocenters. The summed E-state index contributed by atoms with van der Waals surface area (Å²) in [5.41, 5.74) is 0.167. The SMILES string of the molecule is O=C(OCC(F)(F)C(F)(F)F)C1=CC2C=CC1C2. The van der Waals surface area contributed by atoms with Crippen LogP contribution >= 0.6 is 0 Å². The number of allylic oxidation sites excluding steroid dienone is 3. The molecule has 0 saturated heterocycles. The van der Waals surface area contributed by atoms with Gasteiger partial charge in [0.25, 0.3) is 0 Å². The van der Waals surface area contributed by atoms with Crippen molar-refractivity contribution in [1.82, 2.24) is 0 Å². The minimum absolute atomic E-state index is 0.0562. The van der Waals surface area contributed by atoms with Crippen LogP contribution in [0.5, 0.6) is 0 Å². The highest BCUT2D eigenvalue weighted by Gasteiger charge is 2.58. The van der Waals surface area contributed by atoms with Gasteiger partial charge in [-0.1, -0.05) is 18.2 Å². The third-order valence-corrected chi connectivity index (χ3v) is 2.94. The number of rotatable bonds is 3. The quantitative estimate of drug-likeness (QED) is 0.447. The summed E-state index contributed by atoms with van der Waals surface area (Å²) in [5, 5.41) is 0. The Kier molecular flexibility index (Phi) is 2.95. The maximum Gasteiger partial charge on any atom is 0.456 e. The van der Waals surface area contributed by atoms with Crippen molar-refractivity contribution in [3.05, 3.63) is 23.8 Å². The zero-order valence-corrected chi connectivity index (χ0v) is 9.01. The Bertz CT molecular complexity index is 422. The number of ether oxygens (including phenoxy) is 1. The van der Waals surface area contributed by atoms with E-state index in [0.717, 1.165) is 0 Å². The van der Waals surface area contributed by atoms with Crippen LogP contribution in [0.4, 0.5) is 22.0 Å². The van der Waals surface area contributed by atoms with Gasteiger partial charge in [-0.05, 0) is 12.3 Å². The van der Waals surface area contributed by atoms with Gasteiger partial charge in [-0.3, -0.25) is 0 Å². The Morgan fingerprint density at radius 3 is 2.39 bits per heavy atom. The lowest BCUT2D eigenvalue weighted by atomic mass is 10.0. The molecule has 2 unspecified atom stereocenters. The zero-order chi connectivity index (χ0) is 13.6. The second-order valence-electron chi connectivity index (χ2n) is 4.29. The van der Waals surface area contributed by atoms with Gasteiger partial charge in [-0.2, -0.15) is 22.0 Å². The number of esters is 1. The van der Waals surface area contributed by atoms with Gasteiger partial charge in [0.15, 0.2) is 6.61 Å². The lowest BCUT2D eigenvalue weighted by molar-refractivity contribution is -0.293. The predicted molar refractivity (Wildman–Crippen MR) is 50.8 cm³/mol. The second-order valence-corrected chi connectivity index (χ2v) is 4.29. The van der Waals surface area contributed by atoms with Gasteiger partial charge in [-0.15, -0.1) is 0 Å². The highest BCUT2D eigenvalue weighted by atomic mass is 19.4. The molecule has 100 valence electrons. The molecule has 7 heteroatoms. The first kappa shape index (κ1) is 13.0. The van der Waals surface area contributed by atoms with Crippen molar-refractivity contribution < 1.29 is 31.5 Å². The molecule has 0 heterocycles. The van der Waals surface area contributed by atoms with Gasteiger partial charge in [0, 0.05) is 11.5 Å². The highest BCUT2D eigenvalue weighted by Crippen LogP contribution is 2.39. The predicted octanol–water partition coefficient (Wildman–Crippen LogP) is 2.86. The molecule has 18 heavy (non-hydrogen) atoms. The average Bonchev–Trinajstić information content (AvgIpc) is 2.85. The molecule has 0 aliphatic heterocycles. The van der Waals surface area contributed by atoms with Crippen molar-refractivity contribution in [3.63, 3.8) is 0 Å². The number of carbonyl (C=O) groups excluding carboxylic acids is 1. The van der Waals surface area contributed by atoms with Gasteiger partial charge in [0.1, 0.15) is 0 Å². The molecule has 2 nitrogen and oxygen atoms in total. The largest absolute Gasteiger partial charge is 0.456 e. The van der Waals surface area contributed by atoms with E-state index in [0.29, 0.717) is 6.42 Å². The van der Waals surface area contributed by atoms with Crippen LogP contribution in [-0.2, 0) is 9.53 Å². The molecule has 0 fully saturated rings. The second kappa shape index (κ2) is 4.07. The maximum absolute atomic E-state index is 12.5. The van der Waals surface area contributed by atoms with E-state index < -0.39 is 24.7 Å². The number of alkyl halides is 5. The van der Waals surface area contributed by atoms with Crippen molar-refractivity contribution in [2.24, 2.45) is 11.8 Å². The molecule has 2 bridgehead atoms. The summed E-state index contributed by atoms with van der Waals surface area (Å²) in [7, 11) is 0. The molecule has 2 aliphatic carbocycles. The minimum atomic E-state index is -5.71. The van der Waals surface area contributed by atoms with Crippen molar-refractivity contribution in [1.29, 1.82) is 0 Å². The summed E-state index contributed by atoms with van der Waals surface area (Å²) in [6.45, 7) is -1.98. The van der Waals surface area contributed by atoms with E-state index in [-0.39, 0.29) is 17.4 Å². The lowest BCUT2D eigenvalue weighted by Crippen LogP contribution is -2.41. The van der Waals surface area contributed by atoms with E-state index >= 15 is 0 Å². The molecule has 0 spiro atoms.